The average Bonchev–Trinajstić information content (AvgIpc) is 3.92. The Bertz CT molecular complexity index is 2170. The van der Waals surface area contributed by atoms with Gasteiger partial charge in [-0.25, -0.2) is 24.3 Å². The maximum Gasteiger partial charge on any atom is 0.258 e. The van der Waals surface area contributed by atoms with Crippen molar-refractivity contribution in [3.63, 3.8) is 0 Å². The fourth-order valence-corrected chi connectivity index (χ4v) is 7.11. The van der Waals surface area contributed by atoms with Gasteiger partial charge in [0.2, 0.25) is 5.78 Å². The van der Waals surface area contributed by atoms with E-state index in [9.17, 15) is 19.8 Å². The zero-order valence-corrected chi connectivity index (χ0v) is 26.8. The number of nitrogens with zero attached hydrogens (tertiary/aromatic N) is 8. The summed E-state index contributed by atoms with van der Waals surface area (Å²) in [5, 5.41) is 34.8. The highest BCUT2D eigenvalue weighted by molar-refractivity contribution is 6.06. The number of carbonyl (C=O) groups excluding carboxylic acids is 1. The lowest BCUT2D eigenvalue weighted by Crippen LogP contribution is -2.56. The Morgan fingerprint density at radius 1 is 1.10 bits per heavy atom. The molecular formula is C33H32FN9O8. The predicted molar refractivity (Wildman–Crippen MR) is 171 cm³/mol. The average molecular weight is 702 g/mol. The monoisotopic (exact) mass is 701 g/mol. The summed E-state index contributed by atoms with van der Waals surface area (Å²) in [5.41, 5.74) is 0.556. The second kappa shape index (κ2) is 13.2. The number of alkyl halides is 1. The Morgan fingerprint density at radius 3 is 2.76 bits per heavy atom. The number of nitrogens with one attached hydrogen (secondary N) is 1. The van der Waals surface area contributed by atoms with Crippen LogP contribution in [0, 0.1) is 17.2 Å². The number of fused-ring (bicyclic) bond motifs is 3. The first-order valence-corrected chi connectivity index (χ1v) is 16.3. The van der Waals surface area contributed by atoms with Crippen molar-refractivity contribution < 1.29 is 38.3 Å². The van der Waals surface area contributed by atoms with E-state index in [2.05, 4.69) is 25.3 Å². The summed E-state index contributed by atoms with van der Waals surface area (Å²) in [4.78, 5) is 42.1. The number of halogens is 1. The van der Waals surface area contributed by atoms with Crippen LogP contribution in [0.1, 0.15) is 48.5 Å². The molecule has 4 aromatic heterocycles. The standard InChI is InChI=1S/C33H32FN9O8/c34-25-19-13-22(48-12-4-8-35)33(47,51-24-14-20(44)30(50-24)42-10-7-23(45)41-11-9-36-32(41)42)15-21(19)49-31(25)43-17-39-26-27(37-16-38-28(26)43)40-29(46)18-5-2-1-3-6-18/h1-3,5-7,9-11,16-17,19-22,24-25,30-31,44,47H,4,12-15H2,(H,37,38,40,46)/t19-,20-,21-,22?,24?,25+,30-,31-,33?/m1/s1. The van der Waals surface area contributed by atoms with Crippen LogP contribution in [0.2, 0.25) is 0 Å². The Balaban J connectivity index is 1.02. The van der Waals surface area contributed by atoms with Crippen LogP contribution in [-0.4, -0.2) is 92.8 Å². The molecule has 0 spiro atoms. The maximum absolute atomic E-state index is 16.4. The zero-order valence-electron chi connectivity index (χ0n) is 26.8. The van der Waals surface area contributed by atoms with E-state index < -0.39 is 60.8 Å². The molecule has 0 bridgehead atoms. The van der Waals surface area contributed by atoms with Gasteiger partial charge in [0.15, 0.2) is 47.7 Å². The molecule has 6 heterocycles. The molecule has 3 unspecified atom stereocenters. The molecule has 1 aromatic carbocycles. The van der Waals surface area contributed by atoms with Crippen molar-refractivity contribution in [3.05, 3.63) is 83.6 Å². The van der Waals surface area contributed by atoms with E-state index in [1.807, 2.05) is 6.07 Å². The Hall–Kier alpha value is -5.16. The van der Waals surface area contributed by atoms with Crippen LogP contribution in [0.4, 0.5) is 10.2 Å². The van der Waals surface area contributed by atoms with E-state index in [0.717, 1.165) is 0 Å². The molecule has 2 aliphatic heterocycles. The van der Waals surface area contributed by atoms with Gasteiger partial charge in [0.1, 0.15) is 18.5 Å². The van der Waals surface area contributed by atoms with Crippen LogP contribution in [0.5, 0.6) is 0 Å². The first-order valence-electron chi connectivity index (χ1n) is 16.3. The lowest BCUT2D eigenvalue weighted by molar-refractivity contribution is -0.348. The van der Waals surface area contributed by atoms with E-state index in [1.54, 1.807) is 30.3 Å². The van der Waals surface area contributed by atoms with Crippen molar-refractivity contribution in [2.75, 3.05) is 11.9 Å². The van der Waals surface area contributed by atoms with Crippen molar-refractivity contribution in [2.24, 2.45) is 5.92 Å². The maximum atomic E-state index is 16.4. The molecule has 0 radical (unpaired) electrons. The molecule has 264 valence electrons. The SMILES string of the molecule is N#CCCOC1C[C@H]2[C@H](F)[C@H](n3cnc4c(NC(=O)c5ccccc5)ncnc43)O[C@@H]2CC1(O)OC1C[C@@H](O)[C@H](n2ccc(=O)n3ccnc23)O1. The van der Waals surface area contributed by atoms with Gasteiger partial charge < -0.3 is 34.5 Å². The highest BCUT2D eigenvalue weighted by atomic mass is 19.1. The third kappa shape index (κ3) is 5.93. The van der Waals surface area contributed by atoms with Crippen molar-refractivity contribution in [1.82, 2.24) is 33.5 Å². The van der Waals surface area contributed by atoms with Gasteiger partial charge in [-0.15, -0.1) is 0 Å². The van der Waals surface area contributed by atoms with Gasteiger partial charge in [0.05, 0.1) is 31.5 Å². The molecule has 18 heteroatoms. The highest BCUT2D eigenvalue weighted by Gasteiger charge is 2.58. The molecule has 5 aromatic rings. The minimum Gasteiger partial charge on any atom is -0.388 e. The molecule has 1 saturated carbocycles. The predicted octanol–water partition coefficient (Wildman–Crippen LogP) is 1.84. The number of aromatic nitrogens is 7. The number of ether oxygens (including phenoxy) is 4. The normalized spacial score (nSPS) is 30.4. The van der Waals surface area contributed by atoms with Crippen molar-refractivity contribution in [3.8, 4) is 6.07 Å². The van der Waals surface area contributed by atoms with E-state index >= 15 is 4.39 Å². The molecule has 1 amide bonds. The smallest absolute Gasteiger partial charge is 0.258 e. The van der Waals surface area contributed by atoms with Crippen LogP contribution in [0.25, 0.3) is 16.9 Å². The van der Waals surface area contributed by atoms with Crippen LogP contribution in [-0.2, 0) is 18.9 Å². The van der Waals surface area contributed by atoms with Gasteiger partial charge in [0, 0.05) is 49.0 Å². The number of aliphatic hydroxyl groups excluding tert-OH is 1. The number of rotatable bonds is 9. The summed E-state index contributed by atoms with van der Waals surface area (Å²) >= 11 is 0. The number of aliphatic hydroxyl groups is 2. The van der Waals surface area contributed by atoms with Crippen molar-refractivity contribution in [1.29, 1.82) is 5.26 Å². The van der Waals surface area contributed by atoms with Crippen LogP contribution in [0.3, 0.4) is 0 Å². The first-order chi connectivity index (χ1) is 24.7. The number of hydrogen-bond acceptors (Lipinski definition) is 13. The largest absolute Gasteiger partial charge is 0.388 e. The number of imidazole rings is 2. The van der Waals surface area contributed by atoms with Crippen LogP contribution < -0.4 is 10.9 Å². The van der Waals surface area contributed by atoms with E-state index in [-0.39, 0.29) is 60.6 Å². The summed E-state index contributed by atoms with van der Waals surface area (Å²) in [6.07, 6.45) is -1.28. The number of nitriles is 1. The minimum atomic E-state index is -2.06. The minimum absolute atomic E-state index is 0.0239. The summed E-state index contributed by atoms with van der Waals surface area (Å²) in [6.45, 7) is -0.0436. The lowest BCUT2D eigenvalue weighted by atomic mass is 9.79. The van der Waals surface area contributed by atoms with E-state index in [4.69, 9.17) is 24.2 Å². The second-order valence-electron chi connectivity index (χ2n) is 12.6. The number of anilines is 1. The Kier molecular flexibility index (Phi) is 8.54. The Morgan fingerprint density at radius 2 is 1.94 bits per heavy atom. The molecule has 3 fully saturated rings. The summed E-state index contributed by atoms with van der Waals surface area (Å²) in [7, 11) is 0. The molecule has 8 rings (SSSR count). The van der Waals surface area contributed by atoms with Crippen molar-refractivity contribution >= 4 is 28.7 Å². The summed E-state index contributed by atoms with van der Waals surface area (Å²) in [5.74, 6) is -2.84. The van der Waals surface area contributed by atoms with Gasteiger partial charge in [-0.1, -0.05) is 18.2 Å². The quantitative estimate of drug-likeness (QED) is 0.148. The van der Waals surface area contributed by atoms with Crippen LogP contribution in [0.15, 0.2) is 72.4 Å². The molecule has 3 N–H and O–H groups in total. The molecular weight excluding hydrogens is 669 g/mol. The molecule has 9 atom stereocenters. The third-order valence-electron chi connectivity index (χ3n) is 9.52. The number of carbonyl (C=O) groups is 1. The second-order valence-corrected chi connectivity index (χ2v) is 12.6. The third-order valence-corrected chi connectivity index (χ3v) is 9.52. The van der Waals surface area contributed by atoms with Crippen LogP contribution >= 0.6 is 0 Å². The van der Waals surface area contributed by atoms with Crippen molar-refractivity contribution in [2.45, 2.75) is 74.7 Å². The highest BCUT2D eigenvalue weighted by Crippen LogP contribution is 2.49. The van der Waals surface area contributed by atoms with Gasteiger partial charge in [-0.2, -0.15) is 5.26 Å². The van der Waals surface area contributed by atoms with Gasteiger partial charge in [-0.05, 0) is 18.6 Å². The summed E-state index contributed by atoms with van der Waals surface area (Å²) in [6, 6.07) is 11.9. The zero-order chi connectivity index (χ0) is 35.3. The first kappa shape index (κ1) is 33.0. The molecule has 3 aliphatic rings. The molecule has 17 nitrogen and oxygen atoms in total. The number of amides is 1. The number of benzene rings is 1. The molecule has 51 heavy (non-hydrogen) atoms. The summed E-state index contributed by atoms with van der Waals surface area (Å²) < 4.78 is 44.9. The topological polar surface area (TPSA) is 213 Å². The van der Waals surface area contributed by atoms with E-state index in [1.165, 1.54) is 50.8 Å². The molecule has 1 aliphatic carbocycles. The van der Waals surface area contributed by atoms with Gasteiger partial charge in [0.25, 0.3) is 11.5 Å². The fraction of sp³-hybridized carbons (Fsp3) is 0.424. The number of hydrogen-bond donors (Lipinski definition) is 3. The van der Waals surface area contributed by atoms with Gasteiger partial charge in [-0.3, -0.25) is 23.1 Å². The molecule has 2 saturated heterocycles. The fourth-order valence-electron chi connectivity index (χ4n) is 7.11. The Labute approximate surface area is 287 Å². The van der Waals surface area contributed by atoms with Gasteiger partial charge >= 0.3 is 0 Å². The van der Waals surface area contributed by atoms with E-state index in [0.29, 0.717) is 5.56 Å². The lowest BCUT2D eigenvalue weighted by Gasteiger charge is -2.44.